The van der Waals surface area contributed by atoms with E-state index < -0.39 is 0 Å². The van der Waals surface area contributed by atoms with Gasteiger partial charge in [-0.05, 0) is 0 Å². The van der Waals surface area contributed by atoms with Crippen molar-refractivity contribution < 1.29 is 0 Å². The minimum atomic E-state index is 0.513. The Labute approximate surface area is 87.2 Å². The summed E-state index contributed by atoms with van der Waals surface area (Å²) in [4.78, 5) is 4.20. The van der Waals surface area contributed by atoms with E-state index in [1.54, 1.807) is 23.1 Å². The molecule has 0 aromatic carbocycles. The molecule has 1 unspecified atom stereocenters. The van der Waals surface area contributed by atoms with Gasteiger partial charge in [0.2, 0.25) is 0 Å². The van der Waals surface area contributed by atoms with Crippen LogP contribution in [0.3, 0.4) is 0 Å². The van der Waals surface area contributed by atoms with Crippen molar-refractivity contribution in [1.29, 1.82) is 0 Å². The van der Waals surface area contributed by atoms with E-state index in [-0.39, 0.29) is 0 Å². The summed E-state index contributed by atoms with van der Waals surface area (Å²) in [6.07, 6.45) is 6.95. The predicted octanol–water partition coefficient (Wildman–Crippen LogP) is 1.85. The Kier molecular flexibility index (Phi) is 4.91. The Hall–Kier alpha value is -0.500. The quantitative estimate of drug-likeness (QED) is 0.458. The summed E-state index contributed by atoms with van der Waals surface area (Å²) < 4.78 is 1.12. The minimum Gasteiger partial charge on any atom is -0.305 e. The lowest BCUT2D eigenvalue weighted by atomic mass is 10.4. The molecule has 1 rings (SSSR count). The van der Waals surface area contributed by atoms with Crippen LogP contribution < -0.4 is 5.32 Å². The van der Waals surface area contributed by atoms with Crippen molar-refractivity contribution in [3.05, 3.63) is 11.6 Å². The zero-order valence-corrected chi connectivity index (χ0v) is 9.12. The molecule has 2 nitrogen and oxygen atoms in total. The van der Waals surface area contributed by atoms with Crippen LogP contribution in [0.15, 0.2) is 15.9 Å². The average Bonchev–Trinajstić information content (AvgIpc) is 2.57. The fourth-order valence-electron chi connectivity index (χ4n) is 0.830. The molecular formula is C9H12N2S2. The highest BCUT2D eigenvalue weighted by molar-refractivity contribution is 8.01. The van der Waals surface area contributed by atoms with E-state index >= 15 is 0 Å². The number of rotatable bonds is 5. The summed E-state index contributed by atoms with van der Waals surface area (Å²) in [5.41, 5.74) is 0. The Balaban J connectivity index is 2.19. The van der Waals surface area contributed by atoms with Crippen molar-refractivity contribution in [3.8, 4) is 12.3 Å². The molecule has 1 N–H and O–H groups in total. The molecule has 0 saturated heterocycles. The molecule has 0 bridgehead atoms. The summed E-state index contributed by atoms with van der Waals surface area (Å²) in [6.45, 7) is 3.73. The highest BCUT2D eigenvalue weighted by Crippen LogP contribution is 2.24. The zero-order valence-electron chi connectivity index (χ0n) is 7.49. The van der Waals surface area contributed by atoms with Crippen LogP contribution in [-0.2, 0) is 0 Å². The summed E-state index contributed by atoms with van der Waals surface area (Å²) in [5.74, 6) is 2.55. The molecule has 0 aliphatic heterocycles. The van der Waals surface area contributed by atoms with Gasteiger partial charge >= 0.3 is 0 Å². The first-order chi connectivity index (χ1) is 6.33. The summed E-state index contributed by atoms with van der Waals surface area (Å²) in [7, 11) is 0. The van der Waals surface area contributed by atoms with E-state index in [0.29, 0.717) is 11.8 Å². The van der Waals surface area contributed by atoms with Gasteiger partial charge in [0.05, 0.1) is 6.54 Å². The third-order valence-electron chi connectivity index (χ3n) is 1.37. The lowest BCUT2D eigenvalue weighted by Gasteiger charge is -2.08. The lowest BCUT2D eigenvalue weighted by molar-refractivity contribution is 0.748. The fraction of sp³-hybridized carbons (Fsp3) is 0.444. The molecule has 0 amide bonds. The first kappa shape index (κ1) is 10.6. The summed E-state index contributed by atoms with van der Waals surface area (Å²) >= 11 is 3.45. The molecule has 1 aromatic rings. The Bertz CT molecular complexity index is 264. The van der Waals surface area contributed by atoms with Crippen LogP contribution in [-0.4, -0.2) is 23.3 Å². The van der Waals surface area contributed by atoms with Crippen molar-refractivity contribution in [2.45, 2.75) is 16.5 Å². The number of terminal acetylenes is 1. The molecule has 1 atom stereocenters. The van der Waals surface area contributed by atoms with Gasteiger partial charge in [-0.3, -0.25) is 0 Å². The second-order valence-electron chi connectivity index (χ2n) is 2.56. The van der Waals surface area contributed by atoms with Crippen LogP contribution >= 0.6 is 23.1 Å². The largest absolute Gasteiger partial charge is 0.305 e. The fourth-order valence-corrected chi connectivity index (χ4v) is 2.74. The highest BCUT2D eigenvalue weighted by Gasteiger charge is 2.04. The molecule has 0 aliphatic rings. The van der Waals surface area contributed by atoms with Crippen molar-refractivity contribution in [1.82, 2.24) is 10.3 Å². The summed E-state index contributed by atoms with van der Waals surface area (Å²) in [5, 5.41) is 5.67. The zero-order chi connectivity index (χ0) is 9.52. The van der Waals surface area contributed by atoms with E-state index in [1.807, 2.05) is 11.6 Å². The average molecular weight is 212 g/mol. The second kappa shape index (κ2) is 6.03. The van der Waals surface area contributed by atoms with E-state index in [2.05, 4.69) is 23.1 Å². The van der Waals surface area contributed by atoms with E-state index in [9.17, 15) is 0 Å². The third-order valence-corrected chi connectivity index (χ3v) is 3.39. The Morgan fingerprint density at radius 2 is 2.69 bits per heavy atom. The minimum absolute atomic E-state index is 0.513. The van der Waals surface area contributed by atoms with Crippen molar-refractivity contribution in [2.75, 3.05) is 13.1 Å². The van der Waals surface area contributed by atoms with Crippen LogP contribution in [0, 0.1) is 12.3 Å². The van der Waals surface area contributed by atoms with Crippen molar-refractivity contribution >= 4 is 23.1 Å². The number of hydrogen-bond donors (Lipinski definition) is 1. The number of nitrogens with one attached hydrogen (secondary N) is 1. The number of hydrogen-bond acceptors (Lipinski definition) is 4. The molecule has 0 spiro atoms. The van der Waals surface area contributed by atoms with Gasteiger partial charge in [0.25, 0.3) is 0 Å². The van der Waals surface area contributed by atoms with E-state index in [1.165, 1.54) is 0 Å². The first-order valence-corrected chi connectivity index (χ1v) is 5.79. The van der Waals surface area contributed by atoms with Crippen molar-refractivity contribution in [2.24, 2.45) is 0 Å². The van der Waals surface area contributed by atoms with Crippen LogP contribution in [0.5, 0.6) is 0 Å². The molecule has 1 heterocycles. The molecule has 0 saturated carbocycles. The normalized spacial score (nSPS) is 12.3. The monoisotopic (exact) mass is 212 g/mol. The SMILES string of the molecule is C#CCNCC(C)Sc1nccs1. The van der Waals surface area contributed by atoms with Crippen LogP contribution in [0.4, 0.5) is 0 Å². The van der Waals surface area contributed by atoms with Gasteiger partial charge in [0.15, 0.2) is 0 Å². The van der Waals surface area contributed by atoms with Gasteiger partial charge in [-0.25, -0.2) is 4.98 Å². The maximum absolute atomic E-state index is 5.12. The highest BCUT2D eigenvalue weighted by atomic mass is 32.2. The van der Waals surface area contributed by atoms with E-state index in [0.717, 1.165) is 10.9 Å². The number of thiazole rings is 1. The van der Waals surface area contributed by atoms with Gasteiger partial charge in [-0.2, -0.15) is 0 Å². The van der Waals surface area contributed by atoms with Gasteiger partial charge in [-0.1, -0.05) is 24.6 Å². The van der Waals surface area contributed by atoms with Gasteiger partial charge in [0, 0.05) is 23.4 Å². The second-order valence-corrected chi connectivity index (χ2v) is 5.14. The molecule has 0 fully saturated rings. The maximum Gasteiger partial charge on any atom is 0.150 e. The van der Waals surface area contributed by atoms with Crippen LogP contribution in [0.1, 0.15) is 6.92 Å². The molecule has 4 heteroatoms. The lowest BCUT2D eigenvalue weighted by Crippen LogP contribution is -2.22. The van der Waals surface area contributed by atoms with Crippen LogP contribution in [0.25, 0.3) is 0 Å². The van der Waals surface area contributed by atoms with Crippen molar-refractivity contribution in [3.63, 3.8) is 0 Å². The maximum atomic E-state index is 5.12. The smallest absolute Gasteiger partial charge is 0.150 e. The van der Waals surface area contributed by atoms with E-state index in [4.69, 9.17) is 6.42 Å². The summed E-state index contributed by atoms with van der Waals surface area (Å²) in [6, 6.07) is 0. The molecule has 0 radical (unpaired) electrons. The number of nitrogens with zero attached hydrogens (tertiary/aromatic N) is 1. The number of aromatic nitrogens is 1. The van der Waals surface area contributed by atoms with Gasteiger partial charge in [0.1, 0.15) is 4.34 Å². The van der Waals surface area contributed by atoms with Gasteiger partial charge < -0.3 is 5.32 Å². The first-order valence-electron chi connectivity index (χ1n) is 4.03. The third kappa shape index (κ3) is 4.32. The van der Waals surface area contributed by atoms with Gasteiger partial charge in [-0.15, -0.1) is 17.8 Å². The Morgan fingerprint density at radius 3 is 3.31 bits per heavy atom. The predicted molar refractivity (Wildman–Crippen MR) is 59.1 cm³/mol. The molecule has 13 heavy (non-hydrogen) atoms. The topological polar surface area (TPSA) is 24.9 Å². The molecule has 1 aromatic heterocycles. The standard InChI is InChI=1S/C9H12N2S2/c1-3-4-10-7-8(2)13-9-11-5-6-12-9/h1,5-6,8,10H,4,7H2,2H3. The molecule has 70 valence electrons. The van der Waals surface area contributed by atoms with Crippen LogP contribution in [0.2, 0.25) is 0 Å². The molecular weight excluding hydrogens is 200 g/mol. The number of thioether (sulfide) groups is 1. The Morgan fingerprint density at radius 1 is 1.85 bits per heavy atom. The molecule has 0 aliphatic carbocycles.